The van der Waals surface area contributed by atoms with Crippen molar-refractivity contribution >= 4 is 16.9 Å². The zero-order valence-corrected chi connectivity index (χ0v) is 16.1. The smallest absolute Gasteiger partial charge is 0.407 e. The highest BCUT2D eigenvalue weighted by Crippen LogP contribution is 2.33. The lowest BCUT2D eigenvalue weighted by molar-refractivity contribution is 0.118. The highest BCUT2D eigenvalue weighted by Gasteiger charge is 2.33. The van der Waals surface area contributed by atoms with Crippen LogP contribution < -0.4 is 5.32 Å². The van der Waals surface area contributed by atoms with Crippen molar-refractivity contribution in [2.24, 2.45) is 5.92 Å². The Morgan fingerprint density at radius 2 is 1.75 bits per heavy atom. The molecule has 1 aliphatic heterocycles. The van der Waals surface area contributed by atoms with E-state index in [9.17, 15) is 9.90 Å². The molecule has 144 valence electrons. The zero-order valence-electron chi connectivity index (χ0n) is 16.1. The second-order valence-corrected chi connectivity index (χ2v) is 7.61. The number of carboxylic acid groups (broad SMARTS) is 1. The number of benzene rings is 3. The van der Waals surface area contributed by atoms with Gasteiger partial charge in [0.15, 0.2) is 0 Å². The molecule has 0 saturated carbocycles. The Kier molecular flexibility index (Phi) is 5.31. The molecule has 1 amide bonds. The minimum Gasteiger partial charge on any atom is -0.465 e. The predicted molar refractivity (Wildman–Crippen MR) is 113 cm³/mol. The van der Waals surface area contributed by atoms with Gasteiger partial charge in [-0.2, -0.15) is 0 Å². The molecule has 1 aliphatic rings. The third kappa shape index (κ3) is 3.60. The van der Waals surface area contributed by atoms with E-state index in [1.165, 1.54) is 5.56 Å². The normalized spacial score (nSPS) is 20.2. The van der Waals surface area contributed by atoms with Crippen molar-refractivity contribution in [1.82, 2.24) is 10.2 Å². The predicted octanol–water partition coefficient (Wildman–Crippen LogP) is 4.88. The maximum Gasteiger partial charge on any atom is 0.407 e. The summed E-state index contributed by atoms with van der Waals surface area (Å²) in [6, 6.07) is 24.5. The van der Waals surface area contributed by atoms with Crippen LogP contribution in [-0.2, 0) is 0 Å². The molecule has 3 aromatic rings. The number of nitrogens with zero attached hydrogens (tertiary/aromatic N) is 1. The van der Waals surface area contributed by atoms with Crippen molar-refractivity contribution in [2.75, 3.05) is 19.6 Å². The van der Waals surface area contributed by atoms with Crippen LogP contribution in [0.1, 0.15) is 30.0 Å². The van der Waals surface area contributed by atoms with Gasteiger partial charge in [-0.3, -0.25) is 0 Å². The molecule has 3 aromatic carbocycles. The number of amides is 1. The quantitative estimate of drug-likeness (QED) is 0.669. The molecule has 4 rings (SSSR count). The molecule has 1 unspecified atom stereocenters. The number of nitrogens with one attached hydrogen (secondary N) is 1. The van der Waals surface area contributed by atoms with Gasteiger partial charge in [-0.1, -0.05) is 72.8 Å². The van der Waals surface area contributed by atoms with Crippen LogP contribution in [0.25, 0.3) is 10.8 Å². The van der Waals surface area contributed by atoms with Crippen LogP contribution in [0.4, 0.5) is 4.79 Å². The highest BCUT2D eigenvalue weighted by molar-refractivity contribution is 5.86. The Morgan fingerprint density at radius 1 is 1.04 bits per heavy atom. The number of fused-ring (bicyclic) bond motifs is 1. The van der Waals surface area contributed by atoms with Crippen molar-refractivity contribution in [3.05, 3.63) is 83.9 Å². The van der Waals surface area contributed by atoms with Gasteiger partial charge < -0.3 is 15.3 Å². The van der Waals surface area contributed by atoms with Crippen LogP contribution >= 0.6 is 0 Å². The molecule has 0 bridgehead atoms. The van der Waals surface area contributed by atoms with Gasteiger partial charge in [0, 0.05) is 25.6 Å². The van der Waals surface area contributed by atoms with Crippen molar-refractivity contribution in [2.45, 2.75) is 18.9 Å². The molecule has 1 heterocycles. The topological polar surface area (TPSA) is 52.6 Å². The molecule has 1 fully saturated rings. The average molecular weight is 374 g/mol. The summed E-state index contributed by atoms with van der Waals surface area (Å²) < 4.78 is 0. The first kappa shape index (κ1) is 18.5. The summed E-state index contributed by atoms with van der Waals surface area (Å²) in [4.78, 5) is 13.8. The largest absolute Gasteiger partial charge is 0.465 e. The van der Waals surface area contributed by atoms with Crippen molar-refractivity contribution in [1.29, 1.82) is 0 Å². The van der Waals surface area contributed by atoms with Crippen LogP contribution in [0.3, 0.4) is 0 Å². The second-order valence-electron chi connectivity index (χ2n) is 7.61. The Labute approximate surface area is 165 Å². The molecule has 0 aromatic heterocycles. The summed E-state index contributed by atoms with van der Waals surface area (Å²) in [7, 11) is 0. The minimum atomic E-state index is -0.862. The average Bonchev–Trinajstić information content (AvgIpc) is 3.20. The molecule has 0 radical (unpaired) electrons. The lowest BCUT2D eigenvalue weighted by Gasteiger charge is -2.32. The van der Waals surface area contributed by atoms with Crippen molar-refractivity contribution in [3.63, 3.8) is 0 Å². The Hall–Kier alpha value is -2.85. The number of hydrogen-bond donors (Lipinski definition) is 2. The summed E-state index contributed by atoms with van der Waals surface area (Å²) in [5, 5.41) is 15.7. The van der Waals surface area contributed by atoms with E-state index in [0.29, 0.717) is 12.5 Å². The van der Waals surface area contributed by atoms with E-state index in [1.807, 2.05) is 37.3 Å². The Balaban J connectivity index is 1.61. The fourth-order valence-electron chi connectivity index (χ4n) is 4.45. The summed E-state index contributed by atoms with van der Waals surface area (Å²) in [6.45, 7) is 4.25. The van der Waals surface area contributed by atoms with E-state index in [4.69, 9.17) is 0 Å². The van der Waals surface area contributed by atoms with E-state index < -0.39 is 6.09 Å². The minimum absolute atomic E-state index is 0.208. The molecule has 28 heavy (non-hydrogen) atoms. The molecular formula is C24H26N2O2. The van der Waals surface area contributed by atoms with Gasteiger partial charge in [-0.15, -0.1) is 0 Å². The van der Waals surface area contributed by atoms with Gasteiger partial charge >= 0.3 is 6.09 Å². The van der Waals surface area contributed by atoms with E-state index >= 15 is 0 Å². The first-order valence-corrected chi connectivity index (χ1v) is 9.88. The van der Waals surface area contributed by atoms with Gasteiger partial charge in [0.2, 0.25) is 0 Å². The molecular weight excluding hydrogens is 348 g/mol. The third-order valence-electron chi connectivity index (χ3n) is 5.99. The number of carbonyl (C=O) groups is 1. The van der Waals surface area contributed by atoms with Gasteiger partial charge in [-0.25, -0.2) is 4.79 Å². The second kappa shape index (κ2) is 8.03. The fourth-order valence-corrected chi connectivity index (χ4v) is 4.45. The number of hydrogen-bond acceptors (Lipinski definition) is 2. The molecule has 1 saturated heterocycles. The Bertz CT molecular complexity index is 952. The molecule has 4 heteroatoms. The van der Waals surface area contributed by atoms with Gasteiger partial charge in [0.05, 0.1) is 6.04 Å². The summed E-state index contributed by atoms with van der Waals surface area (Å²) in [5.41, 5.74) is 2.34. The first-order chi connectivity index (χ1) is 13.6. The van der Waals surface area contributed by atoms with E-state index in [2.05, 4.69) is 47.8 Å². The fraction of sp³-hybridized carbons (Fsp3) is 0.292. The molecule has 4 nitrogen and oxygen atoms in total. The standard InChI is InChI=1S/C24H26N2O2/c1-17(21-13-7-11-18-10-5-6-12-22(18)21)26(24(27)28)16-20-14-25-15-23(20)19-8-3-2-4-9-19/h2-13,17,20,23,25H,14-16H2,1H3,(H,27,28)/t17-,20?,23-/m1/s1. The van der Waals surface area contributed by atoms with E-state index in [0.717, 1.165) is 29.4 Å². The maximum atomic E-state index is 12.2. The monoisotopic (exact) mass is 374 g/mol. The molecule has 0 aliphatic carbocycles. The third-order valence-corrected chi connectivity index (χ3v) is 5.99. The zero-order chi connectivity index (χ0) is 19.5. The van der Waals surface area contributed by atoms with Gasteiger partial charge in [-0.05, 0) is 34.7 Å². The van der Waals surface area contributed by atoms with Crippen molar-refractivity contribution < 1.29 is 9.90 Å². The summed E-state index contributed by atoms with van der Waals surface area (Å²) >= 11 is 0. The van der Waals surface area contributed by atoms with Gasteiger partial charge in [0.1, 0.15) is 0 Å². The van der Waals surface area contributed by atoms with Crippen LogP contribution in [0.15, 0.2) is 72.8 Å². The summed E-state index contributed by atoms with van der Waals surface area (Å²) in [5.74, 6) is 0.596. The highest BCUT2D eigenvalue weighted by atomic mass is 16.4. The maximum absolute atomic E-state index is 12.2. The van der Waals surface area contributed by atoms with Crippen LogP contribution in [0, 0.1) is 5.92 Å². The Morgan fingerprint density at radius 3 is 2.54 bits per heavy atom. The van der Waals surface area contributed by atoms with Crippen LogP contribution in [-0.4, -0.2) is 35.7 Å². The van der Waals surface area contributed by atoms with E-state index in [1.54, 1.807) is 4.90 Å². The van der Waals surface area contributed by atoms with Crippen LogP contribution in [0.5, 0.6) is 0 Å². The summed E-state index contributed by atoms with van der Waals surface area (Å²) in [6.07, 6.45) is -0.862. The van der Waals surface area contributed by atoms with E-state index in [-0.39, 0.29) is 12.0 Å². The lowest BCUT2D eigenvalue weighted by Crippen LogP contribution is -2.38. The molecule has 0 spiro atoms. The molecule has 3 atom stereocenters. The SMILES string of the molecule is C[C@H](c1cccc2ccccc12)N(CC1CNC[C@@H]1c1ccccc1)C(=O)O. The van der Waals surface area contributed by atoms with Crippen LogP contribution in [0.2, 0.25) is 0 Å². The lowest BCUT2D eigenvalue weighted by atomic mass is 9.88. The first-order valence-electron chi connectivity index (χ1n) is 9.88. The molecule has 2 N–H and O–H groups in total. The van der Waals surface area contributed by atoms with Crippen molar-refractivity contribution in [3.8, 4) is 0 Å². The van der Waals surface area contributed by atoms with Gasteiger partial charge in [0.25, 0.3) is 0 Å². The number of rotatable bonds is 5.